The molecule has 1 atom stereocenters. The highest BCUT2D eigenvalue weighted by Gasteiger charge is 2.45. The highest BCUT2D eigenvalue weighted by atomic mass is 35.5. The van der Waals surface area contributed by atoms with Gasteiger partial charge in [-0.3, -0.25) is 10.1 Å². The molecule has 0 saturated heterocycles. The van der Waals surface area contributed by atoms with Gasteiger partial charge in [0.25, 0.3) is 5.91 Å². The normalized spacial score (nSPS) is 18.7. The SMILES string of the molecule is O=C1c2ccccc2CC(NC/C=C/c2ccoc2)(c2ccc(Cl)cc2)N1CCO. The Morgan fingerprint density at radius 3 is 2.70 bits per heavy atom. The lowest BCUT2D eigenvalue weighted by Gasteiger charge is -2.48. The number of benzene rings is 2. The fourth-order valence-corrected chi connectivity index (χ4v) is 4.13. The van der Waals surface area contributed by atoms with E-state index in [1.54, 1.807) is 17.4 Å². The van der Waals surface area contributed by atoms with Crippen LogP contribution in [0.2, 0.25) is 5.02 Å². The predicted octanol–water partition coefficient (Wildman–Crippen LogP) is 4.08. The zero-order chi connectivity index (χ0) is 21.0. The summed E-state index contributed by atoms with van der Waals surface area (Å²) in [6.45, 7) is 0.606. The number of halogens is 1. The van der Waals surface area contributed by atoms with Gasteiger partial charge in [0.15, 0.2) is 0 Å². The minimum Gasteiger partial charge on any atom is -0.472 e. The summed E-state index contributed by atoms with van der Waals surface area (Å²) in [5, 5.41) is 13.9. The number of nitrogens with zero attached hydrogens (tertiary/aromatic N) is 1. The van der Waals surface area contributed by atoms with Crippen LogP contribution >= 0.6 is 11.6 Å². The molecule has 4 rings (SSSR count). The average Bonchev–Trinajstić information content (AvgIpc) is 3.28. The Balaban J connectivity index is 1.74. The van der Waals surface area contributed by atoms with Crippen LogP contribution in [0.15, 0.2) is 77.6 Å². The molecule has 2 heterocycles. The summed E-state index contributed by atoms with van der Waals surface area (Å²) in [6.07, 6.45) is 7.83. The lowest BCUT2D eigenvalue weighted by Crippen LogP contribution is -2.62. The van der Waals surface area contributed by atoms with Crippen LogP contribution < -0.4 is 5.32 Å². The van der Waals surface area contributed by atoms with Crippen molar-refractivity contribution < 1.29 is 14.3 Å². The number of nitrogens with one attached hydrogen (secondary N) is 1. The number of rotatable bonds is 7. The van der Waals surface area contributed by atoms with Crippen LogP contribution in [0.3, 0.4) is 0 Å². The van der Waals surface area contributed by atoms with Gasteiger partial charge in [0, 0.05) is 35.7 Å². The molecule has 0 spiro atoms. The fraction of sp³-hybridized carbons (Fsp3) is 0.208. The van der Waals surface area contributed by atoms with Crippen molar-refractivity contribution in [1.82, 2.24) is 10.2 Å². The van der Waals surface area contributed by atoms with Gasteiger partial charge in [0.2, 0.25) is 0 Å². The van der Waals surface area contributed by atoms with Crippen LogP contribution in [0.25, 0.3) is 6.08 Å². The zero-order valence-corrected chi connectivity index (χ0v) is 17.2. The number of carbonyl (C=O) groups is 1. The molecule has 0 saturated carbocycles. The van der Waals surface area contributed by atoms with Crippen molar-refractivity contribution >= 4 is 23.6 Å². The Bertz CT molecular complexity index is 1030. The third-order valence-electron chi connectivity index (χ3n) is 5.41. The van der Waals surface area contributed by atoms with Gasteiger partial charge in [0.1, 0.15) is 5.66 Å². The molecule has 0 radical (unpaired) electrons. The molecule has 5 nitrogen and oxygen atoms in total. The summed E-state index contributed by atoms with van der Waals surface area (Å²) < 4.78 is 5.10. The smallest absolute Gasteiger partial charge is 0.255 e. The minimum atomic E-state index is -0.806. The first-order valence-corrected chi connectivity index (χ1v) is 10.2. The average molecular weight is 423 g/mol. The van der Waals surface area contributed by atoms with Gasteiger partial charge in [-0.15, -0.1) is 0 Å². The number of hydrogen-bond acceptors (Lipinski definition) is 4. The summed E-state index contributed by atoms with van der Waals surface area (Å²) in [4.78, 5) is 15.1. The van der Waals surface area contributed by atoms with Crippen molar-refractivity contribution in [1.29, 1.82) is 0 Å². The maximum atomic E-state index is 13.4. The Morgan fingerprint density at radius 1 is 1.17 bits per heavy atom. The van der Waals surface area contributed by atoms with E-state index < -0.39 is 5.66 Å². The molecule has 2 aromatic carbocycles. The number of hydrogen-bond donors (Lipinski definition) is 2. The second kappa shape index (κ2) is 8.88. The summed E-state index contributed by atoms with van der Waals surface area (Å²) >= 11 is 6.13. The van der Waals surface area contributed by atoms with E-state index in [-0.39, 0.29) is 19.1 Å². The van der Waals surface area contributed by atoms with E-state index in [1.807, 2.05) is 66.7 Å². The highest BCUT2D eigenvalue weighted by Crippen LogP contribution is 2.37. The van der Waals surface area contributed by atoms with Crippen LogP contribution in [0.4, 0.5) is 0 Å². The van der Waals surface area contributed by atoms with Crippen molar-refractivity contribution in [3.63, 3.8) is 0 Å². The maximum absolute atomic E-state index is 13.4. The Hall–Kier alpha value is -2.86. The molecule has 6 heteroatoms. The van der Waals surface area contributed by atoms with Gasteiger partial charge in [-0.1, -0.05) is 54.1 Å². The lowest BCUT2D eigenvalue weighted by molar-refractivity contribution is 0.0214. The van der Waals surface area contributed by atoms with E-state index in [0.717, 1.165) is 16.7 Å². The molecule has 1 amide bonds. The summed E-state index contributed by atoms with van der Waals surface area (Å²) in [6, 6.07) is 17.0. The molecule has 2 N–H and O–H groups in total. The molecule has 30 heavy (non-hydrogen) atoms. The molecule has 3 aromatic rings. The van der Waals surface area contributed by atoms with Crippen molar-refractivity contribution in [3.05, 3.63) is 100 Å². The third kappa shape index (κ3) is 3.92. The molecule has 1 aromatic heterocycles. The summed E-state index contributed by atoms with van der Waals surface area (Å²) in [5.41, 5.74) is 2.72. The minimum absolute atomic E-state index is 0.104. The Morgan fingerprint density at radius 2 is 1.97 bits per heavy atom. The Labute approximate surface area is 180 Å². The molecule has 154 valence electrons. The number of aliphatic hydroxyl groups excluding tert-OH is 1. The molecule has 1 unspecified atom stereocenters. The van der Waals surface area contributed by atoms with E-state index >= 15 is 0 Å². The van der Waals surface area contributed by atoms with Gasteiger partial charge in [0.05, 0.1) is 19.1 Å². The largest absolute Gasteiger partial charge is 0.472 e. The first kappa shape index (κ1) is 20.4. The van der Waals surface area contributed by atoms with Crippen molar-refractivity contribution in [2.24, 2.45) is 0 Å². The van der Waals surface area contributed by atoms with Crippen LogP contribution in [0.5, 0.6) is 0 Å². The third-order valence-corrected chi connectivity index (χ3v) is 5.66. The lowest BCUT2D eigenvalue weighted by atomic mass is 9.83. The molecule has 1 aliphatic rings. The molecule has 0 aliphatic carbocycles. The van der Waals surface area contributed by atoms with Crippen LogP contribution in [-0.4, -0.2) is 35.6 Å². The number of aliphatic hydroxyl groups is 1. The van der Waals surface area contributed by atoms with Gasteiger partial charge in [-0.05, 0) is 35.4 Å². The van der Waals surface area contributed by atoms with Gasteiger partial charge in [-0.25, -0.2) is 0 Å². The fourth-order valence-electron chi connectivity index (χ4n) is 4.00. The molecule has 0 bridgehead atoms. The second-order valence-electron chi connectivity index (χ2n) is 7.22. The molecular formula is C24H23ClN2O3. The van der Waals surface area contributed by atoms with E-state index in [1.165, 1.54) is 0 Å². The van der Waals surface area contributed by atoms with Crippen LogP contribution in [0, 0.1) is 0 Å². The van der Waals surface area contributed by atoms with Gasteiger partial charge in [-0.2, -0.15) is 0 Å². The standard InChI is InChI=1S/C24H23ClN2O3/c25-21-9-7-20(8-10-21)24(26-12-3-4-18-11-15-30-17-18)16-19-5-1-2-6-22(19)23(29)27(24)13-14-28/h1-11,15,17,26,28H,12-14,16H2/b4-3+. The van der Waals surface area contributed by atoms with Crippen LogP contribution in [-0.2, 0) is 12.1 Å². The van der Waals surface area contributed by atoms with Crippen molar-refractivity contribution in [2.45, 2.75) is 12.1 Å². The highest BCUT2D eigenvalue weighted by molar-refractivity contribution is 6.30. The Kier molecular flexibility index (Phi) is 6.04. The monoisotopic (exact) mass is 422 g/mol. The number of fused-ring (bicyclic) bond motifs is 1. The zero-order valence-electron chi connectivity index (χ0n) is 16.4. The van der Waals surface area contributed by atoms with Crippen molar-refractivity contribution in [2.75, 3.05) is 19.7 Å². The first-order valence-electron chi connectivity index (χ1n) is 9.84. The maximum Gasteiger partial charge on any atom is 0.255 e. The van der Waals surface area contributed by atoms with E-state index in [0.29, 0.717) is 23.6 Å². The van der Waals surface area contributed by atoms with Gasteiger partial charge >= 0.3 is 0 Å². The molecule has 0 fully saturated rings. The summed E-state index contributed by atoms with van der Waals surface area (Å²) in [5.74, 6) is -0.104. The van der Waals surface area contributed by atoms with E-state index in [9.17, 15) is 9.90 Å². The second-order valence-corrected chi connectivity index (χ2v) is 7.66. The number of furan rings is 1. The van der Waals surface area contributed by atoms with Gasteiger partial charge < -0.3 is 14.4 Å². The van der Waals surface area contributed by atoms with E-state index in [2.05, 4.69) is 5.32 Å². The first-order chi connectivity index (χ1) is 14.6. The topological polar surface area (TPSA) is 65.7 Å². The quantitative estimate of drug-likeness (QED) is 0.602. The van der Waals surface area contributed by atoms with Crippen LogP contribution in [0.1, 0.15) is 27.0 Å². The summed E-state index contributed by atoms with van der Waals surface area (Å²) in [7, 11) is 0. The number of β-amino-alcohol motifs (C(OH)–C–C–N with tert-alkyl or cyclic N) is 1. The van der Waals surface area contributed by atoms with E-state index in [4.69, 9.17) is 16.0 Å². The van der Waals surface area contributed by atoms with Crippen molar-refractivity contribution in [3.8, 4) is 0 Å². The molecule has 1 aliphatic heterocycles. The number of amides is 1. The predicted molar refractivity (Wildman–Crippen MR) is 117 cm³/mol. The molecular weight excluding hydrogens is 400 g/mol. The number of carbonyl (C=O) groups excluding carboxylic acids is 1.